The number of carbonyl (C=O) groups is 1. The molecule has 0 aromatic carbocycles. The van der Waals surface area contributed by atoms with Gasteiger partial charge in [-0.05, 0) is 44.0 Å². The van der Waals surface area contributed by atoms with Crippen LogP contribution in [0, 0.1) is 5.92 Å². The third-order valence-electron chi connectivity index (χ3n) is 4.04. The molecular formula is C15H19Cl2F3N6O. The molecule has 1 saturated heterocycles. The molecule has 3 rings (SSSR count). The molecule has 2 aromatic heterocycles. The predicted octanol–water partition coefficient (Wildman–Crippen LogP) is 2.25. The van der Waals surface area contributed by atoms with Gasteiger partial charge in [-0.15, -0.1) is 29.9 Å². The van der Waals surface area contributed by atoms with Crippen LogP contribution in [0.25, 0.3) is 5.82 Å². The van der Waals surface area contributed by atoms with Crippen LogP contribution >= 0.6 is 24.8 Å². The standard InChI is InChI=1S/C15H17F3N6O.2ClH/c16-15(17,18)11-1-2-13(21-8-11)24-9-12(22-23-24)14(25)20-6-4-10-3-5-19-7-10;;/h1-2,8-10,19H,3-7H2,(H,20,25);2*1H. The topological polar surface area (TPSA) is 84.7 Å². The Morgan fingerprint density at radius 1 is 1.33 bits per heavy atom. The minimum Gasteiger partial charge on any atom is -0.351 e. The quantitative estimate of drug-likeness (QED) is 0.765. The van der Waals surface area contributed by atoms with Crippen molar-refractivity contribution in [2.24, 2.45) is 5.92 Å². The van der Waals surface area contributed by atoms with Gasteiger partial charge in [0.15, 0.2) is 11.5 Å². The first-order chi connectivity index (χ1) is 11.9. The van der Waals surface area contributed by atoms with Gasteiger partial charge in [-0.2, -0.15) is 13.2 Å². The number of hydrogen-bond donors (Lipinski definition) is 2. The zero-order valence-electron chi connectivity index (χ0n) is 14.1. The van der Waals surface area contributed by atoms with E-state index in [9.17, 15) is 18.0 Å². The van der Waals surface area contributed by atoms with E-state index in [1.807, 2.05) is 0 Å². The molecular weight excluding hydrogens is 408 g/mol. The fourth-order valence-corrected chi connectivity index (χ4v) is 2.61. The summed E-state index contributed by atoms with van der Waals surface area (Å²) in [4.78, 5) is 15.7. The Morgan fingerprint density at radius 3 is 2.70 bits per heavy atom. The lowest BCUT2D eigenvalue weighted by molar-refractivity contribution is -0.137. The second kappa shape index (κ2) is 9.86. The average Bonchev–Trinajstić information content (AvgIpc) is 3.26. The summed E-state index contributed by atoms with van der Waals surface area (Å²) in [5, 5.41) is 13.5. The molecule has 1 fully saturated rings. The Balaban J connectivity index is 0.00000182. The van der Waals surface area contributed by atoms with Gasteiger partial charge in [-0.25, -0.2) is 9.67 Å². The number of hydrogen-bond acceptors (Lipinski definition) is 5. The first-order valence-corrected chi connectivity index (χ1v) is 7.88. The maximum atomic E-state index is 12.5. The number of amides is 1. The van der Waals surface area contributed by atoms with E-state index < -0.39 is 11.7 Å². The number of aromatic nitrogens is 4. The molecule has 1 atom stereocenters. The third-order valence-corrected chi connectivity index (χ3v) is 4.04. The molecule has 7 nitrogen and oxygen atoms in total. The van der Waals surface area contributed by atoms with E-state index in [4.69, 9.17) is 0 Å². The molecule has 150 valence electrons. The van der Waals surface area contributed by atoms with Gasteiger partial charge in [-0.1, -0.05) is 5.21 Å². The van der Waals surface area contributed by atoms with E-state index in [1.165, 1.54) is 12.3 Å². The Morgan fingerprint density at radius 2 is 2.11 bits per heavy atom. The Kier molecular flexibility index (Phi) is 8.45. The van der Waals surface area contributed by atoms with Crippen molar-refractivity contribution in [3.8, 4) is 5.82 Å². The zero-order valence-corrected chi connectivity index (χ0v) is 15.7. The second-order valence-electron chi connectivity index (χ2n) is 5.85. The largest absolute Gasteiger partial charge is 0.417 e. The van der Waals surface area contributed by atoms with Crippen LogP contribution in [-0.4, -0.2) is 45.5 Å². The summed E-state index contributed by atoms with van der Waals surface area (Å²) in [6.45, 7) is 2.51. The van der Waals surface area contributed by atoms with Gasteiger partial charge in [0.1, 0.15) is 0 Å². The SMILES string of the molecule is Cl.Cl.O=C(NCCC1CCNC1)c1cn(-c2ccc(C(F)(F)F)cn2)nn1. The van der Waals surface area contributed by atoms with E-state index in [2.05, 4.69) is 25.9 Å². The maximum absolute atomic E-state index is 12.5. The molecule has 0 aliphatic carbocycles. The summed E-state index contributed by atoms with van der Waals surface area (Å²) < 4.78 is 38.8. The lowest BCUT2D eigenvalue weighted by Gasteiger charge is -2.08. The summed E-state index contributed by atoms with van der Waals surface area (Å²) in [5.74, 6) is 0.341. The molecule has 0 radical (unpaired) electrons. The van der Waals surface area contributed by atoms with Crippen molar-refractivity contribution in [1.29, 1.82) is 0 Å². The fourth-order valence-electron chi connectivity index (χ4n) is 2.61. The molecule has 0 bridgehead atoms. The number of halogens is 5. The van der Waals surface area contributed by atoms with Crippen molar-refractivity contribution < 1.29 is 18.0 Å². The van der Waals surface area contributed by atoms with Crippen molar-refractivity contribution in [3.63, 3.8) is 0 Å². The second-order valence-corrected chi connectivity index (χ2v) is 5.85. The van der Waals surface area contributed by atoms with Crippen LogP contribution in [0.2, 0.25) is 0 Å². The highest BCUT2D eigenvalue weighted by atomic mass is 35.5. The van der Waals surface area contributed by atoms with Gasteiger partial charge in [0.05, 0.1) is 11.8 Å². The van der Waals surface area contributed by atoms with E-state index >= 15 is 0 Å². The molecule has 3 heterocycles. The monoisotopic (exact) mass is 426 g/mol. The molecule has 1 amide bonds. The van der Waals surface area contributed by atoms with Gasteiger partial charge in [-0.3, -0.25) is 4.79 Å². The molecule has 1 aliphatic heterocycles. The number of nitrogens with one attached hydrogen (secondary N) is 2. The van der Waals surface area contributed by atoms with Crippen LogP contribution < -0.4 is 10.6 Å². The third kappa shape index (κ3) is 6.05. The lowest BCUT2D eigenvalue weighted by atomic mass is 10.1. The van der Waals surface area contributed by atoms with Crippen molar-refractivity contribution >= 4 is 30.7 Å². The van der Waals surface area contributed by atoms with Crippen LogP contribution in [0.4, 0.5) is 13.2 Å². The molecule has 1 unspecified atom stereocenters. The first-order valence-electron chi connectivity index (χ1n) is 7.88. The number of carbonyl (C=O) groups excluding carboxylic acids is 1. The predicted molar refractivity (Wildman–Crippen MR) is 96.6 cm³/mol. The Hall–Kier alpha value is -1.91. The van der Waals surface area contributed by atoms with Gasteiger partial charge in [0.2, 0.25) is 0 Å². The number of rotatable bonds is 5. The normalized spacial score (nSPS) is 16.3. The summed E-state index contributed by atoms with van der Waals surface area (Å²) in [7, 11) is 0. The smallest absolute Gasteiger partial charge is 0.351 e. The van der Waals surface area contributed by atoms with Crippen LogP contribution in [0.1, 0.15) is 28.9 Å². The highest BCUT2D eigenvalue weighted by Crippen LogP contribution is 2.28. The fraction of sp³-hybridized carbons (Fsp3) is 0.467. The number of pyridine rings is 1. The summed E-state index contributed by atoms with van der Waals surface area (Å²) in [6, 6.07) is 2.08. The summed E-state index contributed by atoms with van der Waals surface area (Å²) in [6.07, 6.45) is -0.415. The maximum Gasteiger partial charge on any atom is 0.417 e. The molecule has 2 aromatic rings. The minimum atomic E-state index is -4.45. The molecule has 0 saturated carbocycles. The van der Waals surface area contributed by atoms with E-state index in [1.54, 1.807) is 0 Å². The van der Waals surface area contributed by atoms with Crippen LogP contribution in [0.15, 0.2) is 24.5 Å². The zero-order chi connectivity index (χ0) is 17.9. The average molecular weight is 427 g/mol. The van der Waals surface area contributed by atoms with Gasteiger partial charge in [0, 0.05) is 12.7 Å². The van der Waals surface area contributed by atoms with E-state index in [0.717, 1.165) is 36.7 Å². The first kappa shape index (κ1) is 23.1. The highest BCUT2D eigenvalue weighted by Gasteiger charge is 2.30. The van der Waals surface area contributed by atoms with Crippen molar-refractivity contribution in [3.05, 3.63) is 35.8 Å². The van der Waals surface area contributed by atoms with Crippen molar-refractivity contribution in [2.45, 2.75) is 19.0 Å². The van der Waals surface area contributed by atoms with Crippen LogP contribution in [0.3, 0.4) is 0 Å². The molecule has 1 aliphatic rings. The molecule has 2 N–H and O–H groups in total. The molecule has 0 spiro atoms. The van der Waals surface area contributed by atoms with Gasteiger partial charge >= 0.3 is 6.18 Å². The van der Waals surface area contributed by atoms with Crippen LogP contribution in [-0.2, 0) is 6.18 Å². The Labute approximate surface area is 165 Å². The number of alkyl halides is 3. The molecule has 27 heavy (non-hydrogen) atoms. The van der Waals surface area contributed by atoms with E-state index in [-0.39, 0.29) is 42.2 Å². The van der Waals surface area contributed by atoms with Crippen LogP contribution in [0.5, 0.6) is 0 Å². The molecule has 12 heteroatoms. The number of nitrogens with zero attached hydrogens (tertiary/aromatic N) is 4. The Bertz CT molecular complexity index is 732. The lowest BCUT2D eigenvalue weighted by Crippen LogP contribution is -2.26. The summed E-state index contributed by atoms with van der Waals surface area (Å²) >= 11 is 0. The highest BCUT2D eigenvalue weighted by molar-refractivity contribution is 5.91. The van der Waals surface area contributed by atoms with E-state index in [0.29, 0.717) is 18.7 Å². The van der Waals surface area contributed by atoms with Gasteiger partial charge < -0.3 is 10.6 Å². The minimum absolute atomic E-state index is 0. The summed E-state index contributed by atoms with van der Waals surface area (Å²) in [5.41, 5.74) is -0.762. The van der Waals surface area contributed by atoms with Crippen molar-refractivity contribution in [1.82, 2.24) is 30.6 Å². The van der Waals surface area contributed by atoms with Gasteiger partial charge in [0.25, 0.3) is 5.91 Å². The van der Waals surface area contributed by atoms with Crippen molar-refractivity contribution in [2.75, 3.05) is 19.6 Å².